The highest BCUT2D eigenvalue weighted by molar-refractivity contribution is 7.83. The molecule has 0 spiro atoms. The van der Waals surface area contributed by atoms with Gasteiger partial charge in [-0.05, 0) is 43.0 Å². The molecule has 0 aromatic heterocycles. The van der Waals surface area contributed by atoms with Crippen molar-refractivity contribution in [1.82, 2.24) is 5.32 Å². The molecule has 4 rings (SSSR count). The lowest BCUT2D eigenvalue weighted by Gasteiger charge is -2.30. The number of halogens is 1. The number of nitrogens with one attached hydrogen (secondary N) is 3. The lowest BCUT2D eigenvalue weighted by atomic mass is 10.1. The number of amides is 2. The standard InChI is InChI=1S/C23H19FN4O4S/c1-12-3-8-19(33-12)20(23(31)32)27-21(29)13-4-6-14(7-5-13)28-11-26-17-10-18(25-2)16(24)9-15(17)22(28)30/h3-10,20H,1,11H2,2H3,(H3-,25,26,27,29,30,31,32)/p+1. The minimum Gasteiger partial charge on any atom is -0.479 e. The molecule has 0 bridgehead atoms. The van der Waals surface area contributed by atoms with Gasteiger partial charge in [-0.15, -0.1) is 0 Å². The van der Waals surface area contributed by atoms with Crippen LogP contribution in [0.25, 0.3) is 0 Å². The van der Waals surface area contributed by atoms with Gasteiger partial charge >= 0.3 is 5.97 Å². The van der Waals surface area contributed by atoms with Crippen molar-refractivity contribution in [2.24, 2.45) is 0 Å². The van der Waals surface area contributed by atoms with Crippen LogP contribution in [0.15, 0.2) is 60.0 Å². The maximum Gasteiger partial charge on any atom is 0.336 e. The second-order valence-corrected chi connectivity index (χ2v) is 8.49. The Morgan fingerprint density at radius 3 is 2.58 bits per heavy atom. The zero-order chi connectivity index (χ0) is 23.7. The van der Waals surface area contributed by atoms with Crippen molar-refractivity contribution >= 4 is 51.1 Å². The molecule has 2 aliphatic heterocycles. The molecular weight excluding hydrogens is 447 g/mol. The van der Waals surface area contributed by atoms with E-state index in [1.165, 1.54) is 40.5 Å². The first-order valence-electron chi connectivity index (χ1n) is 9.91. The molecule has 0 saturated carbocycles. The first-order chi connectivity index (χ1) is 15.8. The Balaban J connectivity index is 1.51. The maximum atomic E-state index is 14.2. The molecule has 168 valence electrons. The van der Waals surface area contributed by atoms with Gasteiger partial charge in [-0.3, -0.25) is 14.5 Å². The number of rotatable bonds is 6. The highest BCUT2D eigenvalue weighted by Crippen LogP contribution is 2.30. The van der Waals surface area contributed by atoms with E-state index in [2.05, 4.69) is 22.5 Å². The fraction of sp³-hybridized carbons (Fsp3) is 0.130. The number of carbonyl (C=O) groups excluding carboxylic acids is 2. The van der Waals surface area contributed by atoms with Gasteiger partial charge in [0.05, 0.1) is 23.6 Å². The van der Waals surface area contributed by atoms with Crippen molar-refractivity contribution in [3.05, 3.63) is 77.0 Å². The zero-order valence-electron chi connectivity index (χ0n) is 17.5. The van der Waals surface area contributed by atoms with Crippen LogP contribution in [0, 0.1) is 5.82 Å². The van der Waals surface area contributed by atoms with Crippen LogP contribution in [-0.4, -0.2) is 47.5 Å². The molecule has 2 heterocycles. The summed E-state index contributed by atoms with van der Waals surface area (Å²) < 4.78 is 14.2. The van der Waals surface area contributed by atoms with Crippen LogP contribution in [0.4, 0.5) is 21.5 Å². The molecule has 10 heteroatoms. The highest BCUT2D eigenvalue weighted by Gasteiger charge is 2.34. The molecule has 4 N–H and O–H groups in total. The zero-order valence-corrected chi connectivity index (χ0v) is 18.3. The lowest BCUT2D eigenvalue weighted by Crippen LogP contribution is -2.45. The van der Waals surface area contributed by atoms with E-state index in [0.29, 0.717) is 21.1 Å². The number of allylic oxidation sites excluding steroid dienone is 1. The Hall–Kier alpha value is -4.05. The van der Waals surface area contributed by atoms with Crippen LogP contribution in [0.3, 0.4) is 0 Å². The smallest absolute Gasteiger partial charge is 0.336 e. The van der Waals surface area contributed by atoms with Crippen molar-refractivity contribution in [2.75, 3.05) is 29.2 Å². The predicted octanol–water partition coefficient (Wildman–Crippen LogP) is 2.42. The Labute approximate surface area is 192 Å². The largest absolute Gasteiger partial charge is 0.479 e. The monoisotopic (exact) mass is 467 g/mol. The number of carboxylic acid groups (broad SMARTS) is 1. The van der Waals surface area contributed by atoms with E-state index in [1.54, 1.807) is 31.3 Å². The molecule has 0 aliphatic carbocycles. The Morgan fingerprint density at radius 2 is 1.97 bits per heavy atom. The van der Waals surface area contributed by atoms with E-state index in [1.807, 2.05) is 0 Å². The fourth-order valence-corrected chi connectivity index (χ4v) is 4.34. The van der Waals surface area contributed by atoms with Crippen molar-refractivity contribution < 1.29 is 23.9 Å². The normalized spacial score (nSPS) is 15.5. The van der Waals surface area contributed by atoms with Gasteiger partial charge in [-0.2, -0.15) is 0 Å². The number of nitrogens with zero attached hydrogens (tertiary/aromatic N) is 1. The second-order valence-electron chi connectivity index (χ2n) is 7.29. The molecule has 33 heavy (non-hydrogen) atoms. The van der Waals surface area contributed by atoms with Crippen LogP contribution >= 0.6 is 0 Å². The Kier molecular flexibility index (Phi) is 5.93. The molecule has 2 aromatic carbocycles. The van der Waals surface area contributed by atoms with Crippen molar-refractivity contribution in [3.8, 4) is 0 Å². The number of hydrogen-bond donors (Lipinski definition) is 4. The molecule has 2 aromatic rings. The number of carboxylic acids is 1. The van der Waals surface area contributed by atoms with Crippen molar-refractivity contribution in [1.29, 1.82) is 0 Å². The Morgan fingerprint density at radius 1 is 1.24 bits per heavy atom. The summed E-state index contributed by atoms with van der Waals surface area (Å²) in [4.78, 5) is 39.8. The quantitative estimate of drug-likeness (QED) is 0.384. The molecule has 0 radical (unpaired) electrons. The number of carbonyl (C=O) groups is 3. The predicted molar refractivity (Wildman–Crippen MR) is 127 cm³/mol. The van der Waals surface area contributed by atoms with Gasteiger partial charge in [0.25, 0.3) is 11.8 Å². The number of fused-ring (bicyclic) bond motifs is 1. The van der Waals surface area contributed by atoms with Gasteiger partial charge in [-0.1, -0.05) is 0 Å². The summed E-state index contributed by atoms with van der Waals surface area (Å²) in [6.07, 6.45) is 3.30. The van der Waals surface area contributed by atoms with E-state index < -0.39 is 23.7 Å². The van der Waals surface area contributed by atoms with Crippen LogP contribution in [0.1, 0.15) is 20.7 Å². The summed E-state index contributed by atoms with van der Waals surface area (Å²) in [5.74, 6) is -2.66. The van der Waals surface area contributed by atoms with Crippen molar-refractivity contribution in [2.45, 2.75) is 6.04 Å². The van der Waals surface area contributed by atoms with Gasteiger partial charge in [0, 0.05) is 30.5 Å². The molecular formula is C23H20FN4O4S+. The SMILES string of the molecule is C=C1C=CC(C(NC(=O)c2ccc(N3CNc4cc(NC)c(F)cc4C3=O)cc2)C(=O)O)=[S+]1. The minimum atomic E-state index is -1.19. The average molecular weight is 468 g/mol. The Bertz CT molecular complexity index is 1240. The average Bonchev–Trinajstić information content (AvgIpc) is 3.23. The molecule has 2 aliphatic rings. The van der Waals surface area contributed by atoms with Crippen molar-refractivity contribution in [3.63, 3.8) is 0 Å². The van der Waals surface area contributed by atoms with E-state index >= 15 is 0 Å². The van der Waals surface area contributed by atoms with Gasteiger partial charge < -0.3 is 21.1 Å². The van der Waals surface area contributed by atoms with E-state index in [4.69, 9.17) is 0 Å². The summed E-state index contributed by atoms with van der Waals surface area (Å²) in [5.41, 5.74) is 1.74. The van der Waals surface area contributed by atoms with Crippen LogP contribution in [-0.2, 0) is 16.1 Å². The summed E-state index contributed by atoms with van der Waals surface area (Å²) in [6, 6.07) is 7.67. The number of aliphatic carboxylic acids is 1. The molecule has 0 saturated heterocycles. The summed E-state index contributed by atoms with van der Waals surface area (Å²) in [7, 11) is 1.59. The summed E-state index contributed by atoms with van der Waals surface area (Å²) in [5, 5.41) is 17.8. The molecule has 8 nitrogen and oxygen atoms in total. The highest BCUT2D eigenvalue weighted by atomic mass is 32.1. The number of hydrogen-bond acceptors (Lipinski definition) is 5. The summed E-state index contributed by atoms with van der Waals surface area (Å²) in [6.45, 7) is 3.93. The number of anilines is 3. The fourth-order valence-electron chi connectivity index (χ4n) is 3.49. The van der Waals surface area contributed by atoms with Gasteiger partial charge in [-0.25, -0.2) is 9.18 Å². The minimum absolute atomic E-state index is 0.166. The molecule has 2 amide bonds. The van der Waals surface area contributed by atoms with Crippen LogP contribution in [0.5, 0.6) is 0 Å². The van der Waals surface area contributed by atoms with Crippen LogP contribution in [0.2, 0.25) is 0 Å². The third-order valence-corrected chi connectivity index (χ3v) is 6.22. The third-order valence-electron chi connectivity index (χ3n) is 5.21. The second kappa shape index (κ2) is 8.83. The summed E-state index contributed by atoms with van der Waals surface area (Å²) >= 11 is 1.19. The number of benzene rings is 2. The first kappa shape index (κ1) is 22.2. The molecule has 0 fully saturated rings. The topological polar surface area (TPSA) is 111 Å². The van der Waals surface area contributed by atoms with Gasteiger partial charge in [0.15, 0.2) is 0 Å². The van der Waals surface area contributed by atoms with Gasteiger partial charge in [0.2, 0.25) is 27.2 Å². The van der Waals surface area contributed by atoms with Crippen LogP contribution < -0.4 is 20.9 Å². The van der Waals surface area contributed by atoms with E-state index in [-0.39, 0.29) is 29.4 Å². The van der Waals surface area contributed by atoms with Gasteiger partial charge in [0.1, 0.15) is 5.82 Å². The van der Waals surface area contributed by atoms with E-state index in [9.17, 15) is 23.9 Å². The first-order valence-corrected chi connectivity index (χ1v) is 10.7. The molecule has 1 atom stereocenters. The third kappa shape index (κ3) is 4.33. The maximum absolute atomic E-state index is 14.2. The molecule has 1 unspecified atom stereocenters. The van der Waals surface area contributed by atoms with E-state index in [0.717, 1.165) is 0 Å². The lowest BCUT2D eigenvalue weighted by molar-refractivity contribution is -0.137.